The van der Waals surface area contributed by atoms with E-state index < -0.39 is 0 Å². The third kappa shape index (κ3) is 4.16. The molecule has 3 N–H and O–H groups in total. The molecule has 1 aromatic carbocycles. The number of aromatic nitrogens is 1. The molecule has 2 amide bonds. The molecule has 3 rings (SSSR count). The van der Waals surface area contributed by atoms with Crippen LogP contribution in [0.2, 0.25) is 0 Å². The van der Waals surface area contributed by atoms with Crippen LogP contribution < -0.4 is 5.32 Å². The van der Waals surface area contributed by atoms with Crippen molar-refractivity contribution in [1.29, 1.82) is 0 Å². The molecule has 0 radical (unpaired) electrons. The molecule has 2 aromatic rings. The van der Waals surface area contributed by atoms with Gasteiger partial charge in [-0.2, -0.15) is 0 Å². The number of phenols is 1. The second-order valence-corrected chi connectivity index (χ2v) is 7.07. The number of fused-ring (bicyclic) bond motifs is 1. The fourth-order valence-electron chi connectivity index (χ4n) is 3.46. The minimum absolute atomic E-state index is 0.0517. The number of carbonyl (C=O) groups excluding carboxylic acids is 2. The normalized spacial score (nSPS) is 18.0. The fraction of sp³-hybridized carbons (Fsp3) is 0.474. The molecule has 7 nitrogen and oxygen atoms in total. The van der Waals surface area contributed by atoms with Crippen LogP contribution in [0, 0.1) is 5.92 Å². The first-order chi connectivity index (χ1) is 12.4. The summed E-state index contributed by atoms with van der Waals surface area (Å²) in [5.74, 6) is 0.138. The van der Waals surface area contributed by atoms with Gasteiger partial charge in [-0.05, 0) is 50.7 Å². The van der Waals surface area contributed by atoms with Crippen LogP contribution in [0.25, 0.3) is 10.9 Å². The Morgan fingerprint density at radius 3 is 2.96 bits per heavy atom. The van der Waals surface area contributed by atoms with Crippen molar-refractivity contribution in [2.24, 2.45) is 5.92 Å². The molecule has 1 saturated heterocycles. The van der Waals surface area contributed by atoms with Crippen molar-refractivity contribution >= 4 is 22.7 Å². The van der Waals surface area contributed by atoms with Gasteiger partial charge < -0.3 is 25.2 Å². The topological polar surface area (TPSA) is 88.7 Å². The van der Waals surface area contributed by atoms with Crippen LogP contribution in [0.4, 0.5) is 0 Å². The Balaban J connectivity index is 1.50. The largest absolute Gasteiger partial charge is 0.508 e. The zero-order valence-corrected chi connectivity index (χ0v) is 15.3. The van der Waals surface area contributed by atoms with E-state index in [2.05, 4.69) is 15.2 Å². The summed E-state index contributed by atoms with van der Waals surface area (Å²) in [4.78, 5) is 31.7. The summed E-state index contributed by atoms with van der Waals surface area (Å²) < 4.78 is 0. The minimum Gasteiger partial charge on any atom is -0.508 e. The van der Waals surface area contributed by atoms with E-state index in [0.717, 1.165) is 36.8 Å². The molecule has 0 saturated carbocycles. The predicted molar refractivity (Wildman–Crippen MR) is 100 cm³/mol. The number of rotatable bonds is 5. The summed E-state index contributed by atoms with van der Waals surface area (Å²) in [6.07, 6.45) is 1.98. The van der Waals surface area contributed by atoms with Gasteiger partial charge in [0.2, 0.25) is 5.91 Å². The summed E-state index contributed by atoms with van der Waals surface area (Å²) in [7, 11) is 3.83. The monoisotopic (exact) mass is 358 g/mol. The van der Waals surface area contributed by atoms with E-state index in [9.17, 15) is 14.7 Å². The molecule has 1 aromatic heterocycles. The van der Waals surface area contributed by atoms with Crippen molar-refractivity contribution in [1.82, 2.24) is 20.1 Å². The number of nitrogens with one attached hydrogen (secondary N) is 2. The van der Waals surface area contributed by atoms with Crippen LogP contribution in [0.15, 0.2) is 24.3 Å². The van der Waals surface area contributed by atoms with E-state index >= 15 is 0 Å². The maximum atomic E-state index is 12.5. The van der Waals surface area contributed by atoms with Gasteiger partial charge in [0.1, 0.15) is 11.4 Å². The molecule has 1 aliphatic heterocycles. The number of phenolic OH excluding ortho intramolecular Hbond substituents is 1. The lowest BCUT2D eigenvalue weighted by molar-refractivity contribution is -0.135. The number of aromatic amines is 1. The van der Waals surface area contributed by atoms with Crippen LogP contribution in [-0.2, 0) is 4.79 Å². The van der Waals surface area contributed by atoms with Crippen molar-refractivity contribution < 1.29 is 14.7 Å². The Kier molecular flexibility index (Phi) is 5.46. The quantitative estimate of drug-likeness (QED) is 0.754. The SMILES string of the molecule is CN1CCCC(C(=O)N(C)CCNC(=O)c2cc3cc(O)ccc3[nH]2)C1. The first-order valence-corrected chi connectivity index (χ1v) is 8.97. The molecule has 2 heterocycles. The van der Waals surface area contributed by atoms with Gasteiger partial charge in [0.15, 0.2) is 0 Å². The molecule has 1 fully saturated rings. The van der Waals surface area contributed by atoms with Crippen molar-refractivity contribution in [2.75, 3.05) is 40.3 Å². The molecule has 140 valence electrons. The van der Waals surface area contributed by atoms with Crippen molar-refractivity contribution in [3.05, 3.63) is 30.0 Å². The van der Waals surface area contributed by atoms with Gasteiger partial charge in [0, 0.05) is 37.6 Å². The highest BCUT2D eigenvalue weighted by Gasteiger charge is 2.26. The standard InChI is InChI=1S/C19H26N4O3/c1-22-8-3-4-13(12-22)19(26)23(2)9-7-20-18(25)17-11-14-10-15(24)5-6-16(14)21-17/h5-6,10-11,13,21,24H,3-4,7-9,12H2,1-2H3,(H,20,25). The first-order valence-electron chi connectivity index (χ1n) is 8.97. The summed E-state index contributed by atoms with van der Waals surface area (Å²) in [6.45, 7) is 2.72. The van der Waals surface area contributed by atoms with Crippen LogP contribution in [0.5, 0.6) is 5.75 Å². The van der Waals surface area contributed by atoms with Gasteiger partial charge in [-0.3, -0.25) is 9.59 Å². The Hall–Kier alpha value is -2.54. The lowest BCUT2D eigenvalue weighted by Gasteiger charge is -2.31. The van der Waals surface area contributed by atoms with E-state index in [1.54, 1.807) is 36.2 Å². The average molecular weight is 358 g/mol. The van der Waals surface area contributed by atoms with Crippen LogP contribution in [0.3, 0.4) is 0 Å². The van der Waals surface area contributed by atoms with Crippen molar-refractivity contribution in [3.63, 3.8) is 0 Å². The third-order valence-electron chi connectivity index (χ3n) is 4.93. The Labute approximate surface area is 153 Å². The fourth-order valence-corrected chi connectivity index (χ4v) is 3.46. The minimum atomic E-state index is -0.223. The first kappa shape index (κ1) is 18.3. The maximum Gasteiger partial charge on any atom is 0.267 e. The molecule has 1 aliphatic rings. The molecule has 1 atom stereocenters. The van der Waals surface area contributed by atoms with Gasteiger partial charge in [-0.1, -0.05) is 0 Å². The predicted octanol–water partition coefficient (Wildman–Crippen LogP) is 1.40. The molecular weight excluding hydrogens is 332 g/mol. The Bertz CT molecular complexity index is 801. The Morgan fingerprint density at radius 2 is 2.19 bits per heavy atom. The lowest BCUT2D eigenvalue weighted by Crippen LogP contribution is -2.44. The Morgan fingerprint density at radius 1 is 1.38 bits per heavy atom. The number of likely N-dealkylation sites (tertiary alicyclic amines) is 1. The van der Waals surface area contributed by atoms with Crippen LogP contribution in [-0.4, -0.2) is 72.0 Å². The molecule has 26 heavy (non-hydrogen) atoms. The van der Waals surface area contributed by atoms with E-state index in [1.807, 2.05) is 7.05 Å². The van der Waals surface area contributed by atoms with Gasteiger partial charge in [0.25, 0.3) is 5.91 Å². The molecule has 0 aliphatic carbocycles. The number of benzene rings is 1. The third-order valence-corrected chi connectivity index (χ3v) is 4.93. The van der Waals surface area contributed by atoms with Crippen molar-refractivity contribution in [2.45, 2.75) is 12.8 Å². The zero-order chi connectivity index (χ0) is 18.7. The van der Waals surface area contributed by atoms with E-state index in [-0.39, 0.29) is 23.5 Å². The number of H-pyrrole nitrogens is 1. The van der Waals surface area contributed by atoms with Crippen LogP contribution in [0.1, 0.15) is 23.3 Å². The summed E-state index contributed by atoms with van der Waals surface area (Å²) in [5.41, 5.74) is 1.23. The highest BCUT2D eigenvalue weighted by atomic mass is 16.3. The number of likely N-dealkylation sites (N-methyl/N-ethyl adjacent to an activating group) is 1. The number of amides is 2. The lowest BCUT2D eigenvalue weighted by atomic mass is 9.97. The highest BCUT2D eigenvalue weighted by Crippen LogP contribution is 2.20. The molecule has 0 bridgehead atoms. The molecule has 1 unspecified atom stereocenters. The summed E-state index contributed by atoms with van der Waals surface area (Å²) >= 11 is 0. The summed E-state index contributed by atoms with van der Waals surface area (Å²) in [6, 6.07) is 6.62. The zero-order valence-electron chi connectivity index (χ0n) is 15.3. The second-order valence-electron chi connectivity index (χ2n) is 7.07. The number of nitrogens with zero attached hydrogens (tertiary/aromatic N) is 2. The number of aromatic hydroxyl groups is 1. The van der Waals surface area contributed by atoms with E-state index in [0.29, 0.717) is 18.8 Å². The van der Waals surface area contributed by atoms with Gasteiger partial charge in [0.05, 0.1) is 5.92 Å². The average Bonchev–Trinajstić information content (AvgIpc) is 3.04. The van der Waals surface area contributed by atoms with Gasteiger partial charge in [-0.25, -0.2) is 0 Å². The number of hydrogen-bond acceptors (Lipinski definition) is 4. The maximum absolute atomic E-state index is 12.5. The van der Waals surface area contributed by atoms with Crippen LogP contribution >= 0.6 is 0 Å². The molecule has 7 heteroatoms. The summed E-state index contributed by atoms with van der Waals surface area (Å²) in [5, 5.41) is 13.1. The number of piperidine rings is 1. The second kappa shape index (κ2) is 7.78. The molecule has 0 spiro atoms. The molecular formula is C19H26N4O3. The van der Waals surface area contributed by atoms with E-state index in [4.69, 9.17) is 0 Å². The highest BCUT2D eigenvalue weighted by molar-refractivity contribution is 5.98. The van der Waals surface area contributed by atoms with Gasteiger partial charge >= 0.3 is 0 Å². The number of carbonyl (C=O) groups is 2. The smallest absolute Gasteiger partial charge is 0.267 e. The van der Waals surface area contributed by atoms with Gasteiger partial charge in [-0.15, -0.1) is 0 Å². The van der Waals surface area contributed by atoms with Crippen molar-refractivity contribution in [3.8, 4) is 5.75 Å². The number of hydrogen-bond donors (Lipinski definition) is 3. The van der Waals surface area contributed by atoms with E-state index in [1.165, 1.54) is 0 Å².